The van der Waals surface area contributed by atoms with Crippen molar-refractivity contribution >= 4 is 35.3 Å². The number of thioether (sulfide) groups is 1. The summed E-state index contributed by atoms with van der Waals surface area (Å²) in [6.45, 7) is 5.28. The monoisotopic (exact) mass is 444 g/mol. The Morgan fingerprint density at radius 3 is 2.61 bits per heavy atom. The summed E-state index contributed by atoms with van der Waals surface area (Å²) in [6.07, 6.45) is 4.49. The number of rotatable bonds is 6. The fraction of sp³-hybridized carbons (Fsp3) is 0.609. The summed E-state index contributed by atoms with van der Waals surface area (Å²) in [5.41, 5.74) is 2.32. The largest absolute Gasteiger partial charge is 0.326 e. The Morgan fingerprint density at radius 2 is 1.90 bits per heavy atom. The van der Waals surface area contributed by atoms with Crippen molar-refractivity contribution in [3.63, 3.8) is 0 Å². The molecule has 2 aliphatic heterocycles. The van der Waals surface area contributed by atoms with Crippen LogP contribution < -0.4 is 10.6 Å². The van der Waals surface area contributed by atoms with E-state index < -0.39 is 5.54 Å². The Bertz CT molecular complexity index is 847. The molecule has 0 radical (unpaired) electrons. The standard InChI is InChI=1S/C23H32N4O3S/c1-17-15-18(16-26-11-13-31-14-12-26)5-6-19(17)24-20(28)7-10-27-21(29)23(25-22(27)30)8-3-2-4-9-23/h5-6,15H,2-4,7-14,16H2,1H3,(H,24,28)(H,25,30). The Balaban J connectivity index is 1.29. The molecular weight excluding hydrogens is 412 g/mol. The van der Waals surface area contributed by atoms with Crippen molar-refractivity contribution < 1.29 is 14.4 Å². The smallest absolute Gasteiger partial charge is 0.325 e. The number of anilines is 1. The Morgan fingerprint density at radius 1 is 1.16 bits per heavy atom. The molecule has 4 rings (SSSR count). The lowest BCUT2D eigenvalue weighted by molar-refractivity contribution is -0.132. The molecule has 3 aliphatic rings. The average molecular weight is 445 g/mol. The molecule has 3 fully saturated rings. The van der Waals surface area contributed by atoms with Crippen LogP contribution in [0.1, 0.15) is 49.7 Å². The lowest BCUT2D eigenvalue weighted by Crippen LogP contribution is -2.48. The van der Waals surface area contributed by atoms with Crippen molar-refractivity contribution in [2.75, 3.05) is 36.5 Å². The molecule has 1 aromatic rings. The number of hydrogen-bond donors (Lipinski definition) is 2. The molecule has 8 heteroatoms. The van der Waals surface area contributed by atoms with Gasteiger partial charge >= 0.3 is 6.03 Å². The first-order valence-corrected chi connectivity index (χ1v) is 12.5. The number of nitrogens with one attached hydrogen (secondary N) is 2. The zero-order valence-electron chi connectivity index (χ0n) is 18.2. The minimum Gasteiger partial charge on any atom is -0.326 e. The van der Waals surface area contributed by atoms with Crippen LogP contribution in [0, 0.1) is 6.92 Å². The van der Waals surface area contributed by atoms with Crippen molar-refractivity contribution in [1.29, 1.82) is 0 Å². The molecule has 7 nitrogen and oxygen atoms in total. The van der Waals surface area contributed by atoms with Gasteiger partial charge in [0.25, 0.3) is 5.91 Å². The van der Waals surface area contributed by atoms with Gasteiger partial charge in [0.2, 0.25) is 5.91 Å². The molecule has 2 saturated heterocycles. The first-order valence-electron chi connectivity index (χ1n) is 11.3. The van der Waals surface area contributed by atoms with Gasteiger partial charge in [0.15, 0.2) is 0 Å². The Hall–Kier alpha value is -2.06. The second-order valence-corrected chi connectivity index (χ2v) is 10.1. The number of carbonyl (C=O) groups is 3. The predicted molar refractivity (Wildman–Crippen MR) is 123 cm³/mol. The van der Waals surface area contributed by atoms with Crippen molar-refractivity contribution in [3.05, 3.63) is 29.3 Å². The number of urea groups is 1. The van der Waals surface area contributed by atoms with Crippen LogP contribution in [0.15, 0.2) is 18.2 Å². The first kappa shape index (κ1) is 22.1. The lowest BCUT2D eigenvalue weighted by Gasteiger charge is -2.30. The Labute approximate surface area is 188 Å². The van der Waals surface area contributed by atoms with Gasteiger partial charge in [-0.25, -0.2) is 4.79 Å². The van der Waals surface area contributed by atoms with E-state index in [1.54, 1.807) is 0 Å². The number of aryl methyl sites for hydroxylation is 1. The van der Waals surface area contributed by atoms with Crippen LogP contribution in [0.4, 0.5) is 10.5 Å². The predicted octanol–water partition coefficient (Wildman–Crippen LogP) is 3.13. The zero-order valence-corrected chi connectivity index (χ0v) is 19.1. The Kier molecular flexibility index (Phi) is 6.86. The van der Waals surface area contributed by atoms with E-state index in [0.29, 0.717) is 12.8 Å². The normalized spacial score (nSPS) is 21.4. The van der Waals surface area contributed by atoms with Crippen LogP contribution in [0.2, 0.25) is 0 Å². The summed E-state index contributed by atoms with van der Waals surface area (Å²) in [7, 11) is 0. The molecule has 1 aromatic carbocycles. The highest BCUT2D eigenvalue weighted by Crippen LogP contribution is 2.33. The second-order valence-electron chi connectivity index (χ2n) is 8.87. The van der Waals surface area contributed by atoms with Crippen LogP contribution in [0.25, 0.3) is 0 Å². The quantitative estimate of drug-likeness (QED) is 0.659. The third kappa shape index (κ3) is 5.06. The van der Waals surface area contributed by atoms with E-state index in [1.165, 1.54) is 22.0 Å². The molecule has 1 spiro atoms. The van der Waals surface area contributed by atoms with Crippen LogP contribution in [0.5, 0.6) is 0 Å². The van der Waals surface area contributed by atoms with Gasteiger partial charge in [0.1, 0.15) is 5.54 Å². The fourth-order valence-electron chi connectivity index (χ4n) is 4.78. The van der Waals surface area contributed by atoms with Gasteiger partial charge in [-0.1, -0.05) is 31.4 Å². The van der Waals surface area contributed by atoms with Gasteiger partial charge in [-0.15, -0.1) is 0 Å². The molecule has 1 aliphatic carbocycles. The first-order chi connectivity index (χ1) is 15.0. The van der Waals surface area contributed by atoms with Crippen LogP contribution in [0.3, 0.4) is 0 Å². The van der Waals surface area contributed by atoms with Crippen molar-refractivity contribution in [3.8, 4) is 0 Å². The highest BCUT2D eigenvalue weighted by atomic mass is 32.2. The number of amides is 4. The van der Waals surface area contributed by atoms with Gasteiger partial charge in [-0.3, -0.25) is 19.4 Å². The molecule has 4 amide bonds. The molecule has 2 N–H and O–H groups in total. The van der Waals surface area contributed by atoms with E-state index in [2.05, 4.69) is 27.7 Å². The lowest BCUT2D eigenvalue weighted by atomic mass is 9.82. The van der Waals surface area contributed by atoms with Crippen molar-refractivity contribution in [1.82, 2.24) is 15.1 Å². The van der Waals surface area contributed by atoms with Gasteiger partial charge < -0.3 is 10.6 Å². The second kappa shape index (κ2) is 9.61. The van der Waals surface area contributed by atoms with Crippen LogP contribution in [-0.2, 0) is 16.1 Å². The number of hydrogen-bond acceptors (Lipinski definition) is 5. The number of carbonyl (C=O) groups excluding carboxylic acids is 3. The van der Waals surface area contributed by atoms with E-state index in [1.807, 2.05) is 24.8 Å². The summed E-state index contributed by atoms with van der Waals surface area (Å²) in [5, 5.41) is 5.83. The third-order valence-electron chi connectivity index (χ3n) is 6.59. The van der Waals surface area contributed by atoms with E-state index in [9.17, 15) is 14.4 Å². The molecule has 1 saturated carbocycles. The van der Waals surface area contributed by atoms with Crippen molar-refractivity contribution in [2.45, 2.75) is 57.5 Å². The summed E-state index contributed by atoms with van der Waals surface area (Å²) in [5.74, 6) is 2.02. The molecule has 0 bridgehead atoms. The SMILES string of the molecule is Cc1cc(CN2CCSCC2)ccc1NC(=O)CCN1C(=O)NC2(CCCCC2)C1=O. The molecule has 31 heavy (non-hydrogen) atoms. The molecule has 168 valence electrons. The topological polar surface area (TPSA) is 81.8 Å². The number of nitrogens with zero attached hydrogens (tertiary/aromatic N) is 2. The highest BCUT2D eigenvalue weighted by molar-refractivity contribution is 7.99. The van der Waals surface area contributed by atoms with E-state index in [0.717, 1.165) is 50.1 Å². The summed E-state index contributed by atoms with van der Waals surface area (Å²) in [6, 6.07) is 5.78. The molecule has 0 aromatic heterocycles. The van der Waals surface area contributed by atoms with Gasteiger partial charge in [0, 0.05) is 49.8 Å². The van der Waals surface area contributed by atoms with Gasteiger partial charge in [0.05, 0.1) is 0 Å². The van der Waals surface area contributed by atoms with Crippen molar-refractivity contribution in [2.24, 2.45) is 0 Å². The third-order valence-corrected chi connectivity index (χ3v) is 7.53. The van der Waals surface area contributed by atoms with Gasteiger partial charge in [-0.2, -0.15) is 11.8 Å². The average Bonchev–Trinajstić information content (AvgIpc) is 2.98. The minimum absolute atomic E-state index is 0.0991. The molecular formula is C23H32N4O3S. The van der Waals surface area contributed by atoms with E-state index in [-0.39, 0.29) is 30.8 Å². The summed E-state index contributed by atoms with van der Waals surface area (Å²) >= 11 is 2.00. The summed E-state index contributed by atoms with van der Waals surface area (Å²) < 4.78 is 0. The minimum atomic E-state index is -0.731. The maximum absolute atomic E-state index is 12.8. The molecule has 0 atom stereocenters. The fourth-order valence-corrected chi connectivity index (χ4v) is 5.76. The highest BCUT2D eigenvalue weighted by Gasteiger charge is 2.51. The number of imide groups is 1. The molecule has 2 heterocycles. The maximum atomic E-state index is 12.8. The van der Waals surface area contributed by atoms with E-state index in [4.69, 9.17) is 0 Å². The summed E-state index contributed by atoms with van der Waals surface area (Å²) in [4.78, 5) is 41.4. The van der Waals surface area contributed by atoms with Crippen LogP contribution >= 0.6 is 11.8 Å². The maximum Gasteiger partial charge on any atom is 0.325 e. The van der Waals surface area contributed by atoms with Crippen LogP contribution in [-0.4, -0.2) is 64.3 Å². The van der Waals surface area contributed by atoms with E-state index >= 15 is 0 Å². The number of benzene rings is 1. The zero-order chi connectivity index (χ0) is 21.8. The van der Waals surface area contributed by atoms with Gasteiger partial charge in [-0.05, 0) is 37.0 Å². The molecule has 0 unspecified atom stereocenters.